The van der Waals surface area contributed by atoms with E-state index in [4.69, 9.17) is 23.2 Å². The van der Waals surface area contributed by atoms with E-state index >= 15 is 0 Å². The molecule has 0 aliphatic carbocycles. The summed E-state index contributed by atoms with van der Waals surface area (Å²) < 4.78 is 1.44. The molecule has 0 aliphatic rings. The molecule has 0 bridgehead atoms. The van der Waals surface area contributed by atoms with Gasteiger partial charge in [-0.15, -0.1) is 0 Å². The average Bonchev–Trinajstić information content (AvgIpc) is 2.91. The molecule has 5 nitrogen and oxygen atoms in total. The predicted molar refractivity (Wildman–Crippen MR) is 80.0 cm³/mol. The molecule has 3 aromatic rings. The molecule has 104 valence electrons. The minimum absolute atomic E-state index is 0.375. The SMILES string of the molecule is O=Cc1cn(-c2ncccn2)nc1-c1cc(Cl)cc(Cl)c1. The van der Waals surface area contributed by atoms with Gasteiger partial charge in [0, 0.05) is 34.2 Å². The Kier molecular flexibility index (Phi) is 3.68. The summed E-state index contributed by atoms with van der Waals surface area (Å²) in [6.07, 6.45) is 5.48. The summed E-state index contributed by atoms with van der Waals surface area (Å²) >= 11 is 12.0. The second-order valence-corrected chi connectivity index (χ2v) is 5.08. The van der Waals surface area contributed by atoms with Crippen LogP contribution in [-0.4, -0.2) is 26.0 Å². The van der Waals surface area contributed by atoms with Crippen LogP contribution >= 0.6 is 23.2 Å². The van der Waals surface area contributed by atoms with Crippen LogP contribution in [0.3, 0.4) is 0 Å². The van der Waals surface area contributed by atoms with Gasteiger partial charge in [-0.3, -0.25) is 4.79 Å². The van der Waals surface area contributed by atoms with E-state index in [0.29, 0.717) is 32.8 Å². The lowest BCUT2D eigenvalue weighted by Gasteiger charge is -2.01. The number of benzene rings is 1. The summed E-state index contributed by atoms with van der Waals surface area (Å²) in [6, 6.07) is 6.70. The van der Waals surface area contributed by atoms with Gasteiger partial charge in [0.1, 0.15) is 5.69 Å². The van der Waals surface area contributed by atoms with E-state index in [-0.39, 0.29) is 0 Å². The molecule has 0 fully saturated rings. The molecule has 21 heavy (non-hydrogen) atoms. The lowest BCUT2D eigenvalue weighted by atomic mass is 10.1. The second-order valence-electron chi connectivity index (χ2n) is 4.20. The highest BCUT2D eigenvalue weighted by Gasteiger charge is 2.13. The highest BCUT2D eigenvalue weighted by molar-refractivity contribution is 6.35. The number of rotatable bonds is 3. The maximum atomic E-state index is 11.3. The fourth-order valence-corrected chi connectivity index (χ4v) is 2.43. The first-order valence-electron chi connectivity index (χ1n) is 5.96. The molecule has 0 amide bonds. The monoisotopic (exact) mass is 318 g/mol. The van der Waals surface area contributed by atoms with Crippen LogP contribution in [0, 0.1) is 0 Å². The molecule has 2 aromatic heterocycles. The lowest BCUT2D eigenvalue weighted by molar-refractivity contribution is 0.112. The molecule has 0 unspecified atom stereocenters. The van der Waals surface area contributed by atoms with E-state index in [2.05, 4.69) is 15.1 Å². The average molecular weight is 319 g/mol. The Morgan fingerprint density at radius 1 is 1.05 bits per heavy atom. The number of carbonyl (C=O) groups excluding carboxylic acids is 1. The first-order chi connectivity index (χ1) is 10.2. The molecule has 2 heterocycles. The van der Waals surface area contributed by atoms with Gasteiger partial charge >= 0.3 is 0 Å². The Labute approximate surface area is 130 Å². The molecule has 0 atom stereocenters. The molecule has 0 N–H and O–H groups in total. The third-order valence-electron chi connectivity index (χ3n) is 2.76. The Morgan fingerprint density at radius 3 is 2.33 bits per heavy atom. The molecule has 0 saturated heterocycles. The number of carbonyl (C=O) groups is 1. The van der Waals surface area contributed by atoms with Crippen LogP contribution in [0.4, 0.5) is 0 Å². The van der Waals surface area contributed by atoms with Crippen molar-refractivity contribution in [2.75, 3.05) is 0 Å². The van der Waals surface area contributed by atoms with Gasteiger partial charge in [0.2, 0.25) is 5.95 Å². The van der Waals surface area contributed by atoms with E-state index in [1.165, 1.54) is 4.68 Å². The Morgan fingerprint density at radius 2 is 1.71 bits per heavy atom. The molecule has 3 rings (SSSR count). The van der Waals surface area contributed by atoms with Crippen LogP contribution < -0.4 is 0 Å². The molecular formula is C14H8Cl2N4O. The summed E-state index contributed by atoms with van der Waals surface area (Å²) in [7, 11) is 0. The minimum Gasteiger partial charge on any atom is -0.298 e. The lowest BCUT2D eigenvalue weighted by Crippen LogP contribution is -2.00. The van der Waals surface area contributed by atoms with E-state index in [1.807, 2.05) is 0 Å². The zero-order valence-corrected chi connectivity index (χ0v) is 12.1. The molecule has 0 spiro atoms. The summed E-state index contributed by atoms with van der Waals surface area (Å²) in [4.78, 5) is 19.4. The van der Waals surface area contributed by atoms with Crippen LogP contribution in [0.15, 0.2) is 42.9 Å². The van der Waals surface area contributed by atoms with Crippen molar-refractivity contribution in [2.24, 2.45) is 0 Å². The molecule has 0 aliphatic heterocycles. The quantitative estimate of drug-likeness (QED) is 0.694. The molecule has 0 saturated carbocycles. The molecule has 7 heteroatoms. The maximum absolute atomic E-state index is 11.3. The fourth-order valence-electron chi connectivity index (χ4n) is 1.90. The predicted octanol–water partition coefficient (Wildman–Crippen LogP) is 3.45. The van der Waals surface area contributed by atoms with Crippen molar-refractivity contribution >= 4 is 29.5 Å². The number of nitrogens with zero attached hydrogens (tertiary/aromatic N) is 4. The van der Waals surface area contributed by atoms with Crippen LogP contribution in [0.5, 0.6) is 0 Å². The van der Waals surface area contributed by atoms with Crippen molar-refractivity contribution < 1.29 is 4.79 Å². The Hall–Kier alpha value is -2.24. The third-order valence-corrected chi connectivity index (χ3v) is 3.20. The number of hydrogen-bond donors (Lipinski definition) is 0. The summed E-state index contributed by atoms with van der Waals surface area (Å²) in [5.41, 5.74) is 1.53. The van der Waals surface area contributed by atoms with Crippen molar-refractivity contribution in [1.82, 2.24) is 19.7 Å². The Balaban J connectivity index is 2.14. The number of aldehydes is 1. The summed E-state index contributed by atoms with van der Waals surface area (Å²) in [6.45, 7) is 0. The molecule has 1 aromatic carbocycles. The van der Waals surface area contributed by atoms with Gasteiger partial charge in [0.05, 0.1) is 5.56 Å². The third kappa shape index (κ3) is 2.79. The molecule has 0 radical (unpaired) electrons. The van der Waals surface area contributed by atoms with Gasteiger partial charge in [-0.05, 0) is 24.3 Å². The van der Waals surface area contributed by atoms with Crippen LogP contribution in [0.25, 0.3) is 17.2 Å². The standard InChI is InChI=1S/C14H8Cl2N4O/c15-11-4-9(5-12(16)6-11)13-10(8-21)7-20(19-13)14-17-2-1-3-18-14/h1-8H. The summed E-state index contributed by atoms with van der Waals surface area (Å²) in [5, 5.41) is 5.29. The van der Waals surface area contributed by atoms with Gasteiger partial charge in [-0.25, -0.2) is 14.6 Å². The number of hydrogen-bond acceptors (Lipinski definition) is 4. The smallest absolute Gasteiger partial charge is 0.250 e. The van der Waals surface area contributed by atoms with Gasteiger partial charge in [-0.2, -0.15) is 5.10 Å². The van der Waals surface area contributed by atoms with E-state index < -0.39 is 0 Å². The van der Waals surface area contributed by atoms with E-state index in [9.17, 15) is 4.79 Å². The number of aromatic nitrogens is 4. The topological polar surface area (TPSA) is 60.7 Å². The van der Waals surface area contributed by atoms with Gasteiger partial charge < -0.3 is 0 Å². The van der Waals surface area contributed by atoms with Gasteiger partial charge in [0.15, 0.2) is 6.29 Å². The zero-order chi connectivity index (χ0) is 14.8. The maximum Gasteiger partial charge on any atom is 0.250 e. The zero-order valence-electron chi connectivity index (χ0n) is 10.6. The fraction of sp³-hybridized carbons (Fsp3) is 0. The van der Waals surface area contributed by atoms with Crippen molar-refractivity contribution in [3.63, 3.8) is 0 Å². The highest BCUT2D eigenvalue weighted by atomic mass is 35.5. The van der Waals surface area contributed by atoms with Crippen molar-refractivity contribution in [3.05, 3.63) is 58.5 Å². The van der Waals surface area contributed by atoms with Crippen molar-refractivity contribution in [1.29, 1.82) is 0 Å². The largest absolute Gasteiger partial charge is 0.298 e. The second kappa shape index (κ2) is 5.63. The molecular weight excluding hydrogens is 311 g/mol. The summed E-state index contributed by atoms with van der Waals surface area (Å²) in [5.74, 6) is 0.375. The first-order valence-corrected chi connectivity index (χ1v) is 6.71. The van der Waals surface area contributed by atoms with Gasteiger partial charge in [-0.1, -0.05) is 23.2 Å². The van der Waals surface area contributed by atoms with Crippen LogP contribution in [0.2, 0.25) is 10.0 Å². The van der Waals surface area contributed by atoms with E-state index in [0.717, 1.165) is 6.29 Å². The van der Waals surface area contributed by atoms with E-state index in [1.54, 1.807) is 42.9 Å². The first kappa shape index (κ1) is 13.7. The number of halogens is 2. The normalized spacial score (nSPS) is 10.6. The Bertz CT molecular complexity index is 782. The minimum atomic E-state index is 0.375. The van der Waals surface area contributed by atoms with Gasteiger partial charge in [0.25, 0.3) is 0 Å². The highest BCUT2D eigenvalue weighted by Crippen LogP contribution is 2.28. The van der Waals surface area contributed by atoms with Crippen molar-refractivity contribution in [3.8, 4) is 17.2 Å². The van der Waals surface area contributed by atoms with Crippen LogP contribution in [-0.2, 0) is 0 Å². The van der Waals surface area contributed by atoms with Crippen LogP contribution in [0.1, 0.15) is 10.4 Å². The van der Waals surface area contributed by atoms with Crippen molar-refractivity contribution in [2.45, 2.75) is 0 Å².